The Morgan fingerprint density at radius 3 is 2.51 bits per heavy atom. The van der Waals surface area contributed by atoms with Gasteiger partial charge in [0.2, 0.25) is 11.9 Å². The standard InChI is InChI=1S/C21H15F6N5O3/c22-20(23,24)11-2-1-9(8-28-17(34)19(3-4-19)21(25,26)27)5-12(11)29-18-30-13-6-10-15(7-14(13)31-18)35-32-16(10)33/h1-2,5-7H,3-4,8H2,(H,28,34)(H,32,33)(H2,29,30,31). The molecule has 4 aromatic rings. The Bertz CT molecular complexity index is 1510. The van der Waals surface area contributed by atoms with E-state index in [1.165, 1.54) is 12.1 Å². The SMILES string of the molecule is O=C(NCc1ccc(C(F)(F)F)c(Nc2nc3cc4o[nH]c(=O)c4cc3[nH]2)c1)C1(C(F)(F)F)CC1. The zero-order valence-corrected chi connectivity index (χ0v) is 17.4. The number of aromatic amines is 2. The number of amides is 1. The van der Waals surface area contributed by atoms with Gasteiger partial charge in [-0.15, -0.1) is 0 Å². The van der Waals surface area contributed by atoms with Crippen molar-refractivity contribution in [3.63, 3.8) is 0 Å². The summed E-state index contributed by atoms with van der Waals surface area (Å²) in [5, 5.41) is 7.07. The van der Waals surface area contributed by atoms with Crippen LogP contribution in [-0.4, -0.2) is 27.2 Å². The number of H-pyrrole nitrogens is 2. The van der Waals surface area contributed by atoms with E-state index in [9.17, 15) is 35.9 Å². The zero-order chi connectivity index (χ0) is 25.2. The molecule has 1 fully saturated rings. The molecule has 0 atom stereocenters. The maximum absolute atomic E-state index is 13.6. The minimum atomic E-state index is -4.75. The highest BCUT2D eigenvalue weighted by molar-refractivity contribution is 5.92. The third-order valence-electron chi connectivity index (χ3n) is 5.90. The second kappa shape index (κ2) is 7.52. The van der Waals surface area contributed by atoms with Crippen molar-refractivity contribution in [2.24, 2.45) is 5.41 Å². The van der Waals surface area contributed by atoms with Crippen molar-refractivity contribution in [3.05, 3.63) is 51.8 Å². The van der Waals surface area contributed by atoms with Crippen LogP contribution in [0.5, 0.6) is 0 Å². The highest BCUT2D eigenvalue weighted by Crippen LogP contribution is 2.57. The number of benzene rings is 2. The molecule has 1 aliphatic rings. The summed E-state index contributed by atoms with van der Waals surface area (Å²) < 4.78 is 85.0. The van der Waals surface area contributed by atoms with Gasteiger partial charge in [0.15, 0.2) is 5.58 Å². The molecule has 0 unspecified atom stereocenters. The molecule has 0 spiro atoms. The first kappa shape index (κ1) is 22.8. The lowest BCUT2D eigenvalue weighted by atomic mass is 10.0. The minimum Gasteiger partial charge on any atom is -0.378 e. The quantitative estimate of drug-likeness (QED) is 0.297. The fraction of sp³-hybridized carbons (Fsp3) is 0.286. The smallest absolute Gasteiger partial charge is 0.378 e. The second-order valence-corrected chi connectivity index (χ2v) is 8.25. The maximum Gasteiger partial charge on any atom is 0.418 e. The number of hydrogen-bond donors (Lipinski definition) is 4. The van der Waals surface area contributed by atoms with Gasteiger partial charge in [-0.05, 0) is 36.6 Å². The number of carbonyl (C=O) groups is 1. The van der Waals surface area contributed by atoms with Crippen LogP contribution in [0.15, 0.2) is 39.6 Å². The van der Waals surface area contributed by atoms with Gasteiger partial charge in [0, 0.05) is 12.6 Å². The van der Waals surface area contributed by atoms with Crippen molar-refractivity contribution in [3.8, 4) is 0 Å². The summed E-state index contributed by atoms with van der Waals surface area (Å²) in [6.45, 7) is -0.400. The number of aromatic nitrogens is 3. The second-order valence-electron chi connectivity index (χ2n) is 8.25. The molecule has 0 bridgehead atoms. The van der Waals surface area contributed by atoms with Gasteiger partial charge in [0.1, 0.15) is 5.41 Å². The predicted octanol–water partition coefficient (Wildman–Crippen LogP) is 4.72. The highest BCUT2D eigenvalue weighted by atomic mass is 19.4. The number of fused-ring (bicyclic) bond motifs is 2. The topological polar surface area (TPSA) is 116 Å². The van der Waals surface area contributed by atoms with Gasteiger partial charge in [0.05, 0.1) is 27.7 Å². The molecule has 2 aromatic heterocycles. The van der Waals surface area contributed by atoms with Crippen LogP contribution in [0.2, 0.25) is 0 Å². The molecule has 1 saturated carbocycles. The van der Waals surface area contributed by atoms with Crippen LogP contribution in [0, 0.1) is 5.41 Å². The molecule has 8 nitrogen and oxygen atoms in total. The normalized spacial score (nSPS) is 15.5. The van der Waals surface area contributed by atoms with Gasteiger partial charge in [-0.3, -0.25) is 9.59 Å². The Morgan fingerprint density at radius 1 is 1.11 bits per heavy atom. The predicted molar refractivity (Wildman–Crippen MR) is 111 cm³/mol. The maximum atomic E-state index is 13.6. The fourth-order valence-electron chi connectivity index (χ4n) is 3.81. The van der Waals surface area contributed by atoms with Crippen LogP contribution >= 0.6 is 0 Å². The third kappa shape index (κ3) is 3.98. The molecule has 0 saturated heterocycles. The van der Waals surface area contributed by atoms with Crippen molar-refractivity contribution in [2.45, 2.75) is 31.7 Å². The first-order valence-electron chi connectivity index (χ1n) is 10.2. The summed E-state index contributed by atoms with van der Waals surface area (Å²) in [4.78, 5) is 30.7. The van der Waals surface area contributed by atoms with Gasteiger partial charge in [0.25, 0.3) is 5.56 Å². The average molecular weight is 499 g/mol. The summed E-state index contributed by atoms with van der Waals surface area (Å²) in [6.07, 6.45) is -10.1. The van der Waals surface area contributed by atoms with E-state index in [-0.39, 0.29) is 35.3 Å². The van der Waals surface area contributed by atoms with Crippen LogP contribution in [0.4, 0.5) is 38.0 Å². The van der Waals surface area contributed by atoms with Crippen molar-refractivity contribution in [2.75, 3.05) is 5.32 Å². The first-order valence-corrected chi connectivity index (χ1v) is 10.2. The molecule has 35 heavy (non-hydrogen) atoms. The number of anilines is 2. The average Bonchev–Trinajstić information content (AvgIpc) is 3.41. The van der Waals surface area contributed by atoms with E-state index < -0.39 is 47.0 Å². The summed E-state index contributed by atoms with van der Waals surface area (Å²) >= 11 is 0. The summed E-state index contributed by atoms with van der Waals surface area (Å²) in [6, 6.07) is 5.75. The van der Waals surface area contributed by atoms with Crippen molar-refractivity contribution in [1.29, 1.82) is 0 Å². The molecule has 2 heterocycles. The van der Waals surface area contributed by atoms with E-state index in [0.29, 0.717) is 11.0 Å². The first-order chi connectivity index (χ1) is 16.4. The van der Waals surface area contributed by atoms with Crippen molar-refractivity contribution in [1.82, 2.24) is 20.4 Å². The fourth-order valence-corrected chi connectivity index (χ4v) is 3.81. The van der Waals surface area contributed by atoms with E-state index in [1.54, 1.807) is 0 Å². The van der Waals surface area contributed by atoms with E-state index in [0.717, 1.165) is 18.2 Å². The molecule has 5 rings (SSSR count). The molecule has 2 aromatic carbocycles. The van der Waals surface area contributed by atoms with Crippen LogP contribution < -0.4 is 16.2 Å². The van der Waals surface area contributed by atoms with Crippen LogP contribution in [-0.2, 0) is 17.5 Å². The monoisotopic (exact) mass is 499 g/mol. The van der Waals surface area contributed by atoms with Crippen molar-refractivity contribution >= 4 is 39.5 Å². The summed E-state index contributed by atoms with van der Waals surface area (Å²) in [7, 11) is 0. The molecule has 184 valence electrons. The van der Waals surface area contributed by atoms with E-state index in [1.807, 2.05) is 0 Å². The lowest BCUT2D eigenvalue weighted by Gasteiger charge is -2.19. The van der Waals surface area contributed by atoms with Gasteiger partial charge in [-0.25, -0.2) is 4.98 Å². The van der Waals surface area contributed by atoms with Crippen molar-refractivity contribution < 1.29 is 35.7 Å². The van der Waals surface area contributed by atoms with E-state index >= 15 is 0 Å². The molecule has 4 N–H and O–H groups in total. The van der Waals surface area contributed by atoms with Gasteiger partial charge in [-0.1, -0.05) is 6.07 Å². The zero-order valence-electron chi connectivity index (χ0n) is 17.4. The molecule has 1 amide bonds. The van der Waals surface area contributed by atoms with Gasteiger partial charge < -0.3 is 20.1 Å². The number of halogens is 6. The lowest BCUT2D eigenvalue weighted by Crippen LogP contribution is -2.40. The van der Waals surface area contributed by atoms with E-state index in [2.05, 4.69) is 25.8 Å². The van der Waals surface area contributed by atoms with Crippen LogP contribution in [0.1, 0.15) is 24.0 Å². The number of imidazole rings is 1. The summed E-state index contributed by atoms with van der Waals surface area (Å²) in [5.41, 5.74) is -3.39. The van der Waals surface area contributed by atoms with Gasteiger partial charge in [-0.2, -0.15) is 31.5 Å². The number of hydrogen-bond acceptors (Lipinski definition) is 5. The Labute approximate surface area is 190 Å². The minimum absolute atomic E-state index is 0.0789. The molecule has 0 aliphatic heterocycles. The Balaban J connectivity index is 1.42. The third-order valence-corrected chi connectivity index (χ3v) is 5.90. The lowest BCUT2D eigenvalue weighted by molar-refractivity contribution is -0.192. The number of nitrogens with one attached hydrogen (secondary N) is 4. The number of nitrogens with zero attached hydrogens (tertiary/aromatic N) is 1. The Hall–Kier alpha value is -3.97. The Kier molecular flexibility index (Phi) is 4.90. The molecule has 14 heteroatoms. The number of carbonyl (C=O) groups excluding carboxylic acids is 1. The molecular formula is C21H15F6N5O3. The number of alkyl halides is 6. The van der Waals surface area contributed by atoms with E-state index in [4.69, 9.17) is 4.52 Å². The Morgan fingerprint density at radius 2 is 1.86 bits per heavy atom. The highest BCUT2D eigenvalue weighted by Gasteiger charge is 2.68. The molecule has 1 aliphatic carbocycles. The van der Waals surface area contributed by atoms with Gasteiger partial charge >= 0.3 is 12.4 Å². The van der Waals surface area contributed by atoms with Crippen LogP contribution in [0.3, 0.4) is 0 Å². The largest absolute Gasteiger partial charge is 0.418 e. The summed E-state index contributed by atoms with van der Waals surface area (Å²) in [5.74, 6) is -1.29. The van der Waals surface area contributed by atoms with Crippen LogP contribution in [0.25, 0.3) is 22.0 Å². The molecule has 0 radical (unpaired) electrons. The molecular weight excluding hydrogens is 484 g/mol. The number of rotatable bonds is 5.